The Balaban J connectivity index is 3.72. The third-order valence-corrected chi connectivity index (χ3v) is 3.38. The molecule has 0 amide bonds. The van der Waals surface area contributed by atoms with Gasteiger partial charge in [0.2, 0.25) is 0 Å². The minimum atomic E-state index is -1.36. The molecule has 0 aliphatic heterocycles. The molecule has 0 aromatic carbocycles. The van der Waals surface area contributed by atoms with E-state index in [1.54, 1.807) is 0 Å². The van der Waals surface area contributed by atoms with Gasteiger partial charge in [0.05, 0.1) is 5.60 Å². The van der Waals surface area contributed by atoms with Crippen molar-refractivity contribution in [2.75, 3.05) is 0 Å². The summed E-state index contributed by atoms with van der Waals surface area (Å²) in [4.78, 5) is 0. The van der Waals surface area contributed by atoms with Crippen molar-refractivity contribution in [3.05, 3.63) is 0 Å². The molecule has 0 atom stereocenters. The van der Waals surface area contributed by atoms with Gasteiger partial charge in [-0.2, -0.15) is 0 Å². The molecule has 0 spiro atoms. The van der Waals surface area contributed by atoms with E-state index in [9.17, 15) is 0 Å². The third-order valence-electron chi connectivity index (χ3n) is 2.21. The highest BCUT2D eigenvalue weighted by Gasteiger charge is 2.26. The second-order valence-electron chi connectivity index (χ2n) is 5.78. The summed E-state index contributed by atoms with van der Waals surface area (Å²) in [6.07, 6.45) is 6.55. The standard InChI is InChI=1S/C12H28OSi/c1-7-8-9-10-11-12(2,3)13-14(4,5)6/h7-11H2,1-6H3. The van der Waals surface area contributed by atoms with Crippen LogP contribution in [0.15, 0.2) is 0 Å². The van der Waals surface area contributed by atoms with Gasteiger partial charge in [-0.15, -0.1) is 0 Å². The van der Waals surface area contributed by atoms with Crippen LogP contribution in [0.25, 0.3) is 0 Å². The molecular weight excluding hydrogens is 188 g/mol. The summed E-state index contributed by atoms with van der Waals surface area (Å²) in [6.45, 7) is 13.5. The van der Waals surface area contributed by atoms with Crippen LogP contribution in [0.2, 0.25) is 19.6 Å². The van der Waals surface area contributed by atoms with E-state index in [0.29, 0.717) is 0 Å². The Bertz CT molecular complexity index is 147. The predicted octanol–water partition coefficient (Wildman–Crippen LogP) is 4.59. The molecule has 0 aliphatic rings. The van der Waals surface area contributed by atoms with Crippen LogP contribution in [-0.4, -0.2) is 13.9 Å². The van der Waals surface area contributed by atoms with E-state index in [4.69, 9.17) is 4.43 Å². The van der Waals surface area contributed by atoms with Crippen molar-refractivity contribution in [1.82, 2.24) is 0 Å². The molecule has 0 rings (SSSR count). The fraction of sp³-hybridized carbons (Fsp3) is 1.00. The molecule has 0 radical (unpaired) electrons. The van der Waals surface area contributed by atoms with Crippen molar-refractivity contribution in [3.8, 4) is 0 Å². The Morgan fingerprint density at radius 1 is 1.00 bits per heavy atom. The number of hydrogen-bond donors (Lipinski definition) is 0. The Labute approximate surface area is 91.4 Å². The van der Waals surface area contributed by atoms with E-state index in [2.05, 4.69) is 40.4 Å². The molecule has 0 aliphatic carbocycles. The summed E-state index contributed by atoms with van der Waals surface area (Å²) < 4.78 is 6.14. The maximum absolute atomic E-state index is 6.14. The fourth-order valence-corrected chi connectivity index (χ4v) is 3.62. The molecule has 0 bridgehead atoms. The third kappa shape index (κ3) is 8.76. The Kier molecular flexibility index (Phi) is 5.99. The lowest BCUT2D eigenvalue weighted by atomic mass is 10.0. The first-order valence-corrected chi connectivity index (χ1v) is 9.38. The van der Waals surface area contributed by atoms with E-state index in [-0.39, 0.29) is 5.60 Å². The average Bonchev–Trinajstić information content (AvgIpc) is 1.93. The van der Waals surface area contributed by atoms with Crippen LogP contribution < -0.4 is 0 Å². The normalized spacial score (nSPS) is 13.3. The van der Waals surface area contributed by atoms with Crippen molar-refractivity contribution in [3.63, 3.8) is 0 Å². The molecule has 86 valence electrons. The molecular formula is C12H28OSi. The maximum Gasteiger partial charge on any atom is 0.184 e. The van der Waals surface area contributed by atoms with Gasteiger partial charge < -0.3 is 4.43 Å². The monoisotopic (exact) mass is 216 g/mol. The molecule has 0 heterocycles. The first kappa shape index (κ1) is 14.2. The van der Waals surface area contributed by atoms with Crippen molar-refractivity contribution in [2.24, 2.45) is 0 Å². The summed E-state index contributed by atoms with van der Waals surface area (Å²) in [5.74, 6) is 0. The summed E-state index contributed by atoms with van der Waals surface area (Å²) in [6, 6.07) is 0. The summed E-state index contributed by atoms with van der Waals surface area (Å²) in [5, 5.41) is 0. The molecule has 0 saturated carbocycles. The van der Waals surface area contributed by atoms with E-state index in [1.807, 2.05) is 0 Å². The first-order chi connectivity index (χ1) is 6.27. The zero-order chi connectivity index (χ0) is 11.2. The van der Waals surface area contributed by atoms with E-state index >= 15 is 0 Å². The Hall–Kier alpha value is 0.177. The van der Waals surface area contributed by atoms with Gasteiger partial charge in [0.15, 0.2) is 8.32 Å². The van der Waals surface area contributed by atoms with Gasteiger partial charge in [0, 0.05) is 0 Å². The average molecular weight is 216 g/mol. The van der Waals surface area contributed by atoms with Gasteiger partial charge in [0.1, 0.15) is 0 Å². The second-order valence-corrected chi connectivity index (χ2v) is 10.2. The maximum atomic E-state index is 6.14. The highest BCUT2D eigenvalue weighted by molar-refractivity contribution is 6.69. The molecule has 0 aromatic heterocycles. The summed E-state index contributed by atoms with van der Waals surface area (Å²) >= 11 is 0. The largest absolute Gasteiger partial charge is 0.413 e. The van der Waals surface area contributed by atoms with Gasteiger partial charge >= 0.3 is 0 Å². The van der Waals surface area contributed by atoms with Crippen molar-refractivity contribution < 1.29 is 4.43 Å². The number of hydrogen-bond acceptors (Lipinski definition) is 1. The molecule has 0 fully saturated rings. The quantitative estimate of drug-likeness (QED) is 0.447. The minimum absolute atomic E-state index is 0.0955. The number of rotatable bonds is 7. The summed E-state index contributed by atoms with van der Waals surface area (Å²) in [5.41, 5.74) is 0.0955. The SMILES string of the molecule is CCCCCCC(C)(C)O[Si](C)(C)C. The van der Waals surface area contributed by atoms with Crippen LogP contribution in [0.4, 0.5) is 0 Å². The lowest BCUT2D eigenvalue weighted by Gasteiger charge is -2.33. The first-order valence-electron chi connectivity index (χ1n) is 5.97. The molecule has 2 heteroatoms. The zero-order valence-electron chi connectivity index (χ0n) is 10.9. The zero-order valence-corrected chi connectivity index (χ0v) is 11.9. The molecule has 0 unspecified atom stereocenters. The smallest absolute Gasteiger partial charge is 0.184 e. The minimum Gasteiger partial charge on any atom is -0.413 e. The van der Waals surface area contributed by atoms with E-state index < -0.39 is 8.32 Å². The van der Waals surface area contributed by atoms with Crippen LogP contribution in [0, 0.1) is 0 Å². The molecule has 1 nitrogen and oxygen atoms in total. The van der Waals surface area contributed by atoms with Gasteiger partial charge in [-0.1, -0.05) is 32.6 Å². The van der Waals surface area contributed by atoms with Crippen LogP contribution in [-0.2, 0) is 4.43 Å². The van der Waals surface area contributed by atoms with Crippen LogP contribution in [0.1, 0.15) is 52.9 Å². The van der Waals surface area contributed by atoms with Crippen molar-refractivity contribution in [1.29, 1.82) is 0 Å². The lowest BCUT2D eigenvalue weighted by Crippen LogP contribution is -2.38. The van der Waals surface area contributed by atoms with Gasteiger partial charge in [-0.25, -0.2) is 0 Å². The Morgan fingerprint density at radius 3 is 2.00 bits per heavy atom. The van der Waals surface area contributed by atoms with Crippen LogP contribution >= 0.6 is 0 Å². The van der Waals surface area contributed by atoms with Crippen molar-refractivity contribution >= 4 is 8.32 Å². The van der Waals surface area contributed by atoms with Gasteiger partial charge in [-0.3, -0.25) is 0 Å². The highest BCUT2D eigenvalue weighted by Crippen LogP contribution is 2.23. The van der Waals surface area contributed by atoms with Crippen LogP contribution in [0.3, 0.4) is 0 Å². The molecule has 0 N–H and O–H groups in total. The molecule has 0 aromatic rings. The Morgan fingerprint density at radius 2 is 1.57 bits per heavy atom. The van der Waals surface area contributed by atoms with E-state index in [1.165, 1.54) is 32.1 Å². The highest BCUT2D eigenvalue weighted by atomic mass is 28.4. The molecule has 0 saturated heterocycles. The molecule has 14 heavy (non-hydrogen) atoms. The van der Waals surface area contributed by atoms with Crippen LogP contribution in [0.5, 0.6) is 0 Å². The van der Waals surface area contributed by atoms with E-state index in [0.717, 1.165) is 0 Å². The van der Waals surface area contributed by atoms with Crippen molar-refractivity contribution in [2.45, 2.75) is 78.1 Å². The lowest BCUT2D eigenvalue weighted by molar-refractivity contribution is 0.0881. The topological polar surface area (TPSA) is 9.23 Å². The number of unbranched alkanes of at least 4 members (excludes halogenated alkanes) is 3. The van der Waals surface area contributed by atoms with Gasteiger partial charge in [0.25, 0.3) is 0 Å². The predicted molar refractivity (Wildman–Crippen MR) is 67.3 cm³/mol. The second kappa shape index (κ2) is 5.91. The fourth-order valence-electron chi connectivity index (χ4n) is 1.86. The van der Waals surface area contributed by atoms with Gasteiger partial charge in [-0.05, 0) is 39.9 Å². The summed E-state index contributed by atoms with van der Waals surface area (Å²) in [7, 11) is -1.36.